The Hall–Kier alpha value is -2.85. The lowest BCUT2D eigenvalue weighted by molar-refractivity contribution is -0.136. The molecular formula is C24H24BrFN2O5S. The molecule has 10 heteroatoms. The van der Waals surface area contributed by atoms with Gasteiger partial charge in [-0.05, 0) is 60.5 Å². The van der Waals surface area contributed by atoms with Crippen molar-refractivity contribution in [3.8, 4) is 11.5 Å². The quantitative estimate of drug-likeness (QED) is 0.276. The Morgan fingerprint density at radius 3 is 2.53 bits per heavy atom. The first-order chi connectivity index (χ1) is 16.3. The molecule has 180 valence electrons. The van der Waals surface area contributed by atoms with Crippen molar-refractivity contribution in [1.82, 2.24) is 0 Å². The summed E-state index contributed by atoms with van der Waals surface area (Å²) in [6.07, 6.45) is 3.43. The van der Waals surface area contributed by atoms with Gasteiger partial charge in [-0.1, -0.05) is 41.9 Å². The Morgan fingerprint density at radius 2 is 1.88 bits per heavy atom. The highest BCUT2D eigenvalue weighted by Gasteiger charge is 2.24. The molecule has 3 rings (SSSR count). The smallest absolute Gasteiger partial charge is 0.321 e. The van der Waals surface area contributed by atoms with Crippen LogP contribution in [-0.4, -0.2) is 35.4 Å². The summed E-state index contributed by atoms with van der Waals surface area (Å²) in [4.78, 5) is 26.7. The van der Waals surface area contributed by atoms with E-state index in [2.05, 4.69) is 26.2 Å². The average Bonchev–Trinajstić information content (AvgIpc) is 3.14. The largest absolute Gasteiger partial charge is 0.490 e. The van der Waals surface area contributed by atoms with Crippen LogP contribution in [0.3, 0.4) is 0 Å². The lowest BCUT2D eigenvalue weighted by atomic mass is 10.1. The molecule has 1 atom stereocenters. The van der Waals surface area contributed by atoms with Crippen molar-refractivity contribution < 1.29 is 28.6 Å². The molecule has 1 aliphatic rings. The first-order valence-electron chi connectivity index (χ1n) is 10.7. The number of amides is 1. The molecule has 1 heterocycles. The van der Waals surface area contributed by atoms with Crippen molar-refractivity contribution in [1.29, 1.82) is 0 Å². The third-order valence-corrected chi connectivity index (χ3v) is 6.33. The number of carbonyl (C=O) groups is 2. The van der Waals surface area contributed by atoms with E-state index in [-0.39, 0.29) is 5.56 Å². The van der Waals surface area contributed by atoms with Crippen LogP contribution in [0, 0.1) is 5.82 Å². The van der Waals surface area contributed by atoms with E-state index < -0.39 is 22.5 Å². The van der Waals surface area contributed by atoms with Crippen LogP contribution in [0.5, 0.6) is 11.5 Å². The summed E-state index contributed by atoms with van der Waals surface area (Å²) in [7, 11) is 0. The molecule has 0 aliphatic carbocycles. The maximum Gasteiger partial charge on any atom is 0.321 e. The summed E-state index contributed by atoms with van der Waals surface area (Å²) in [5.74, 6) is -1.03. The monoisotopic (exact) mass is 550 g/mol. The van der Waals surface area contributed by atoms with Crippen LogP contribution in [0.25, 0.3) is 6.08 Å². The van der Waals surface area contributed by atoms with Crippen molar-refractivity contribution in [3.05, 3.63) is 58.2 Å². The molecule has 1 aliphatic heterocycles. The first-order valence-corrected chi connectivity index (χ1v) is 12.4. The van der Waals surface area contributed by atoms with Gasteiger partial charge < -0.3 is 19.9 Å². The molecule has 34 heavy (non-hydrogen) atoms. The average molecular weight is 551 g/mol. The fraction of sp³-hybridized carbons (Fsp3) is 0.292. The van der Waals surface area contributed by atoms with E-state index >= 15 is 0 Å². The van der Waals surface area contributed by atoms with Gasteiger partial charge >= 0.3 is 5.97 Å². The standard InChI is InChI=1S/C24H24BrFN2O5S/c1-3-9-32-18-8-5-14(11-19(18)33-10-4-2)12-20-22(29)28-24(34-20)27-15-6-7-16(17(26)13-15)21(25)23(30)31/h5-8,11-13,21H,3-4,9-10H2,1-2H3,(H,30,31)(H,27,28,29). The number of carboxylic acid groups (broad SMARTS) is 1. The van der Waals surface area contributed by atoms with Crippen molar-refractivity contribution in [2.45, 2.75) is 31.5 Å². The van der Waals surface area contributed by atoms with Gasteiger partial charge in [-0.2, -0.15) is 4.99 Å². The van der Waals surface area contributed by atoms with Crippen molar-refractivity contribution >= 4 is 56.5 Å². The van der Waals surface area contributed by atoms with Gasteiger partial charge in [-0.15, -0.1) is 0 Å². The molecule has 0 bridgehead atoms. The minimum atomic E-state index is -1.19. The number of benzene rings is 2. The molecule has 0 spiro atoms. The number of ether oxygens (including phenoxy) is 2. The van der Waals surface area contributed by atoms with E-state index in [9.17, 15) is 14.0 Å². The van der Waals surface area contributed by atoms with E-state index in [0.29, 0.717) is 40.5 Å². The highest BCUT2D eigenvalue weighted by Crippen LogP contribution is 2.34. The van der Waals surface area contributed by atoms with Crippen LogP contribution < -0.4 is 14.8 Å². The fourth-order valence-corrected chi connectivity index (χ4v) is 4.16. The summed E-state index contributed by atoms with van der Waals surface area (Å²) >= 11 is 4.06. The zero-order valence-corrected chi connectivity index (χ0v) is 21.0. The number of hydrogen-bond donors (Lipinski definition) is 2. The molecule has 0 saturated carbocycles. The zero-order chi connectivity index (χ0) is 24.7. The van der Waals surface area contributed by atoms with Gasteiger partial charge in [0.2, 0.25) is 0 Å². The number of amidine groups is 1. The number of halogens is 2. The number of rotatable bonds is 10. The summed E-state index contributed by atoms with van der Waals surface area (Å²) in [6.45, 7) is 5.17. The third kappa shape index (κ3) is 6.60. The maximum atomic E-state index is 14.3. The second kappa shape index (κ2) is 12.0. The van der Waals surface area contributed by atoms with Crippen molar-refractivity contribution in [3.63, 3.8) is 0 Å². The molecule has 1 unspecified atom stereocenters. The molecule has 0 aromatic heterocycles. The molecule has 0 radical (unpaired) electrons. The van der Waals surface area contributed by atoms with Gasteiger partial charge in [-0.3, -0.25) is 9.59 Å². The second-order valence-corrected chi connectivity index (χ2v) is 9.24. The highest BCUT2D eigenvalue weighted by atomic mass is 79.9. The Labute approximate surface area is 209 Å². The van der Waals surface area contributed by atoms with E-state index in [1.54, 1.807) is 6.08 Å². The van der Waals surface area contributed by atoms with Crippen LogP contribution in [-0.2, 0) is 9.59 Å². The van der Waals surface area contributed by atoms with Gasteiger partial charge in [-0.25, -0.2) is 4.39 Å². The first kappa shape index (κ1) is 25.8. The molecule has 2 aromatic rings. The minimum Gasteiger partial charge on any atom is -0.490 e. The lowest BCUT2D eigenvalue weighted by Crippen LogP contribution is -2.09. The number of hydrogen-bond acceptors (Lipinski definition) is 6. The minimum absolute atomic E-state index is 0.00295. The number of carboxylic acids is 1. The summed E-state index contributed by atoms with van der Waals surface area (Å²) in [5, 5.41) is 12.2. The number of thioether (sulfide) groups is 1. The van der Waals surface area contributed by atoms with Crippen LogP contribution >= 0.6 is 27.7 Å². The van der Waals surface area contributed by atoms with E-state index in [0.717, 1.165) is 36.2 Å². The number of aliphatic carboxylic acids is 1. The van der Waals surface area contributed by atoms with Gasteiger partial charge in [0.15, 0.2) is 16.7 Å². The van der Waals surface area contributed by atoms with Crippen molar-refractivity contribution in [2.24, 2.45) is 4.99 Å². The molecule has 2 N–H and O–H groups in total. The molecular weight excluding hydrogens is 527 g/mol. The second-order valence-electron chi connectivity index (χ2n) is 7.30. The normalized spacial score (nSPS) is 15.2. The Balaban J connectivity index is 1.73. The molecule has 1 amide bonds. The Bertz CT molecular complexity index is 1140. The van der Waals surface area contributed by atoms with Crippen molar-refractivity contribution in [2.75, 3.05) is 18.5 Å². The van der Waals surface area contributed by atoms with Crippen LogP contribution in [0.4, 0.5) is 10.1 Å². The maximum absolute atomic E-state index is 14.3. The summed E-state index contributed by atoms with van der Waals surface area (Å²) in [6, 6.07) is 9.52. The SMILES string of the molecule is CCCOc1ccc(C=C2SC(Nc3ccc(C(Br)C(=O)O)c(F)c3)=NC2=O)cc1OCCC. The third-order valence-electron chi connectivity index (χ3n) is 4.55. The predicted molar refractivity (Wildman–Crippen MR) is 135 cm³/mol. The number of aliphatic imine (C=N–C) groups is 1. The van der Waals surface area contributed by atoms with Gasteiger partial charge in [0, 0.05) is 11.3 Å². The molecule has 7 nitrogen and oxygen atoms in total. The number of alkyl halides is 1. The van der Waals surface area contributed by atoms with Gasteiger partial charge in [0.25, 0.3) is 5.91 Å². The van der Waals surface area contributed by atoms with E-state index in [1.807, 2.05) is 32.0 Å². The lowest BCUT2D eigenvalue weighted by Gasteiger charge is -2.13. The number of carbonyl (C=O) groups excluding carboxylic acids is 1. The zero-order valence-electron chi connectivity index (χ0n) is 18.6. The predicted octanol–water partition coefficient (Wildman–Crippen LogP) is 6.01. The fourth-order valence-electron chi connectivity index (χ4n) is 2.95. The highest BCUT2D eigenvalue weighted by molar-refractivity contribution is 9.09. The number of nitrogens with one attached hydrogen (secondary N) is 1. The van der Waals surface area contributed by atoms with Crippen LogP contribution in [0.2, 0.25) is 0 Å². The van der Waals surface area contributed by atoms with E-state index in [4.69, 9.17) is 14.6 Å². The molecule has 0 fully saturated rings. The topological polar surface area (TPSA) is 97.2 Å². The molecule has 2 aromatic carbocycles. The van der Waals surface area contributed by atoms with Gasteiger partial charge in [0.05, 0.1) is 18.1 Å². The summed E-state index contributed by atoms with van der Waals surface area (Å²) in [5.41, 5.74) is 1.11. The number of anilines is 1. The van der Waals surface area contributed by atoms with E-state index in [1.165, 1.54) is 12.1 Å². The van der Waals surface area contributed by atoms with Crippen LogP contribution in [0.1, 0.15) is 42.6 Å². The van der Waals surface area contributed by atoms with Crippen LogP contribution in [0.15, 0.2) is 46.3 Å². The molecule has 0 saturated heterocycles. The number of nitrogens with zero attached hydrogens (tertiary/aromatic N) is 1. The Morgan fingerprint density at radius 1 is 1.18 bits per heavy atom. The summed E-state index contributed by atoms with van der Waals surface area (Å²) < 4.78 is 25.9. The Kier molecular flexibility index (Phi) is 9.12. The van der Waals surface area contributed by atoms with Gasteiger partial charge in [0.1, 0.15) is 10.6 Å².